The first-order valence-corrected chi connectivity index (χ1v) is 6.01. The number of hydrogen-bond donors (Lipinski definition) is 2. The highest BCUT2D eigenvalue weighted by Crippen LogP contribution is 2.19. The van der Waals surface area contributed by atoms with E-state index in [4.69, 9.17) is 5.73 Å². The molecular formula is C12H23N3O2. The van der Waals surface area contributed by atoms with E-state index in [9.17, 15) is 9.59 Å². The van der Waals surface area contributed by atoms with Crippen LogP contribution in [0, 0.1) is 5.41 Å². The maximum absolute atomic E-state index is 11.9. The highest BCUT2D eigenvalue weighted by Gasteiger charge is 2.31. The number of likely N-dealkylation sites (N-methyl/N-ethyl adjacent to an activating group) is 1. The zero-order valence-corrected chi connectivity index (χ0v) is 11.1. The van der Waals surface area contributed by atoms with Crippen molar-refractivity contribution < 1.29 is 9.59 Å². The van der Waals surface area contributed by atoms with E-state index in [0.717, 1.165) is 12.8 Å². The van der Waals surface area contributed by atoms with Crippen molar-refractivity contribution in [2.45, 2.75) is 45.7 Å². The molecule has 98 valence electrons. The van der Waals surface area contributed by atoms with Gasteiger partial charge in [-0.05, 0) is 18.3 Å². The molecule has 0 saturated heterocycles. The monoisotopic (exact) mass is 241 g/mol. The van der Waals surface area contributed by atoms with Gasteiger partial charge in [0.15, 0.2) is 0 Å². The molecule has 0 aromatic carbocycles. The number of rotatable bonds is 4. The van der Waals surface area contributed by atoms with Crippen LogP contribution in [0.5, 0.6) is 0 Å². The van der Waals surface area contributed by atoms with Crippen molar-refractivity contribution in [1.29, 1.82) is 0 Å². The first-order valence-electron chi connectivity index (χ1n) is 6.01. The molecule has 1 aliphatic rings. The van der Waals surface area contributed by atoms with Crippen LogP contribution in [0.25, 0.3) is 0 Å². The van der Waals surface area contributed by atoms with E-state index < -0.39 is 6.04 Å². The largest absolute Gasteiger partial charge is 0.352 e. The molecule has 3 N–H and O–H groups in total. The fourth-order valence-corrected chi connectivity index (χ4v) is 1.40. The molecule has 1 fully saturated rings. The zero-order chi connectivity index (χ0) is 13.2. The molecule has 0 spiro atoms. The number of nitrogens with zero attached hydrogens (tertiary/aromatic N) is 1. The molecular weight excluding hydrogens is 218 g/mol. The summed E-state index contributed by atoms with van der Waals surface area (Å²) in [7, 11) is 1.61. The minimum absolute atomic E-state index is 0.0825. The van der Waals surface area contributed by atoms with Crippen LogP contribution in [-0.4, -0.2) is 42.4 Å². The van der Waals surface area contributed by atoms with Gasteiger partial charge in [0.2, 0.25) is 11.8 Å². The van der Waals surface area contributed by atoms with Crippen LogP contribution in [0.1, 0.15) is 33.6 Å². The van der Waals surface area contributed by atoms with Gasteiger partial charge in [0.25, 0.3) is 0 Å². The lowest BCUT2D eigenvalue weighted by atomic mass is 9.86. The highest BCUT2D eigenvalue weighted by atomic mass is 16.2. The van der Waals surface area contributed by atoms with E-state index in [-0.39, 0.29) is 23.8 Å². The molecule has 5 nitrogen and oxygen atoms in total. The Balaban J connectivity index is 2.42. The molecule has 0 heterocycles. The topological polar surface area (TPSA) is 75.4 Å². The van der Waals surface area contributed by atoms with E-state index >= 15 is 0 Å². The highest BCUT2D eigenvalue weighted by molar-refractivity contribution is 5.87. The maximum atomic E-state index is 11.9. The molecule has 2 amide bonds. The summed E-state index contributed by atoms with van der Waals surface area (Å²) in [6.45, 7) is 5.81. The first kappa shape index (κ1) is 14.0. The summed E-state index contributed by atoms with van der Waals surface area (Å²) < 4.78 is 0. The van der Waals surface area contributed by atoms with Crippen molar-refractivity contribution in [2.75, 3.05) is 13.6 Å². The van der Waals surface area contributed by atoms with Gasteiger partial charge >= 0.3 is 0 Å². The van der Waals surface area contributed by atoms with Gasteiger partial charge in [-0.1, -0.05) is 20.8 Å². The molecule has 5 heteroatoms. The standard InChI is InChI=1S/C12H23N3O2/c1-12(2,3)10(13)11(17)15(4)7-9(16)14-8-5-6-8/h8,10H,5-7,13H2,1-4H3,(H,14,16)/t10-/m1/s1. The second kappa shape index (κ2) is 5.04. The van der Waals surface area contributed by atoms with Gasteiger partial charge in [-0.25, -0.2) is 0 Å². The minimum atomic E-state index is -0.582. The Morgan fingerprint density at radius 1 is 1.41 bits per heavy atom. The third-order valence-corrected chi connectivity index (χ3v) is 2.90. The van der Waals surface area contributed by atoms with Gasteiger partial charge in [0, 0.05) is 13.1 Å². The normalized spacial score (nSPS) is 17.5. The lowest BCUT2D eigenvalue weighted by Crippen LogP contribution is -2.51. The van der Waals surface area contributed by atoms with Crippen molar-refractivity contribution in [3.8, 4) is 0 Å². The maximum Gasteiger partial charge on any atom is 0.240 e. The Morgan fingerprint density at radius 3 is 2.35 bits per heavy atom. The fraction of sp³-hybridized carbons (Fsp3) is 0.833. The predicted octanol–water partition coefficient (Wildman–Crippen LogP) is 0.0968. The molecule has 1 rings (SSSR count). The van der Waals surface area contributed by atoms with Crippen molar-refractivity contribution >= 4 is 11.8 Å². The summed E-state index contributed by atoms with van der Waals surface area (Å²) in [5.41, 5.74) is 5.57. The van der Waals surface area contributed by atoms with Crippen molar-refractivity contribution in [3.05, 3.63) is 0 Å². The van der Waals surface area contributed by atoms with Gasteiger partial charge in [0.1, 0.15) is 0 Å². The number of carbonyl (C=O) groups excluding carboxylic acids is 2. The van der Waals surface area contributed by atoms with Crippen LogP contribution >= 0.6 is 0 Å². The number of nitrogens with one attached hydrogen (secondary N) is 1. The van der Waals surface area contributed by atoms with Crippen LogP contribution < -0.4 is 11.1 Å². The average molecular weight is 241 g/mol. The lowest BCUT2D eigenvalue weighted by Gasteiger charge is -2.29. The van der Waals surface area contributed by atoms with Crippen LogP contribution in [0.15, 0.2) is 0 Å². The Labute approximate surface area is 103 Å². The molecule has 0 radical (unpaired) electrons. The van der Waals surface area contributed by atoms with E-state index in [1.165, 1.54) is 4.90 Å². The molecule has 1 saturated carbocycles. The Kier molecular flexibility index (Phi) is 4.14. The minimum Gasteiger partial charge on any atom is -0.352 e. The van der Waals surface area contributed by atoms with Crippen LogP contribution in [0.3, 0.4) is 0 Å². The smallest absolute Gasteiger partial charge is 0.240 e. The summed E-state index contributed by atoms with van der Waals surface area (Å²) in [6, 6.07) is -0.261. The van der Waals surface area contributed by atoms with E-state index in [2.05, 4.69) is 5.32 Å². The van der Waals surface area contributed by atoms with Crippen LogP contribution in [-0.2, 0) is 9.59 Å². The van der Waals surface area contributed by atoms with Gasteiger partial charge < -0.3 is 16.0 Å². The Bertz CT molecular complexity index is 305. The molecule has 17 heavy (non-hydrogen) atoms. The quantitative estimate of drug-likeness (QED) is 0.733. The van der Waals surface area contributed by atoms with E-state index in [1.54, 1.807) is 7.05 Å². The van der Waals surface area contributed by atoms with Crippen LogP contribution in [0.4, 0.5) is 0 Å². The van der Waals surface area contributed by atoms with Crippen LogP contribution in [0.2, 0.25) is 0 Å². The SMILES string of the molecule is CN(CC(=O)NC1CC1)C(=O)[C@@H](N)C(C)(C)C. The molecule has 1 aliphatic carbocycles. The summed E-state index contributed by atoms with van der Waals surface area (Å²) in [6.07, 6.45) is 2.09. The first-order chi connectivity index (χ1) is 7.71. The predicted molar refractivity (Wildman–Crippen MR) is 66.2 cm³/mol. The van der Waals surface area contributed by atoms with Gasteiger partial charge in [0.05, 0.1) is 12.6 Å². The molecule has 0 unspecified atom stereocenters. The average Bonchev–Trinajstić information content (AvgIpc) is 2.97. The second-order valence-electron chi connectivity index (χ2n) is 5.88. The van der Waals surface area contributed by atoms with Gasteiger partial charge in [-0.2, -0.15) is 0 Å². The number of amides is 2. The third kappa shape index (κ3) is 4.34. The Morgan fingerprint density at radius 2 is 1.94 bits per heavy atom. The van der Waals surface area contributed by atoms with E-state index in [1.807, 2.05) is 20.8 Å². The summed E-state index contributed by atoms with van der Waals surface area (Å²) >= 11 is 0. The van der Waals surface area contributed by atoms with E-state index in [0.29, 0.717) is 6.04 Å². The van der Waals surface area contributed by atoms with Gasteiger partial charge in [-0.15, -0.1) is 0 Å². The number of hydrogen-bond acceptors (Lipinski definition) is 3. The molecule has 0 aliphatic heterocycles. The third-order valence-electron chi connectivity index (χ3n) is 2.90. The molecule has 1 atom stereocenters. The molecule has 0 aromatic rings. The summed E-state index contributed by atoms with van der Waals surface area (Å²) in [5.74, 6) is -0.298. The van der Waals surface area contributed by atoms with Crippen molar-refractivity contribution in [2.24, 2.45) is 11.1 Å². The van der Waals surface area contributed by atoms with Crippen molar-refractivity contribution in [3.63, 3.8) is 0 Å². The number of nitrogens with two attached hydrogens (primary N) is 1. The zero-order valence-electron chi connectivity index (χ0n) is 11.1. The fourth-order valence-electron chi connectivity index (χ4n) is 1.40. The van der Waals surface area contributed by atoms with Gasteiger partial charge in [-0.3, -0.25) is 9.59 Å². The second-order valence-corrected chi connectivity index (χ2v) is 5.88. The lowest BCUT2D eigenvalue weighted by molar-refractivity contribution is -0.137. The summed E-state index contributed by atoms with van der Waals surface area (Å²) in [4.78, 5) is 24.9. The molecule has 0 bridgehead atoms. The summed E-state index contributed by atoms with van der Waals surface area (Å²) in [5, 5.41) is 2.84. The number of carbonyl (C=O) groups is 2. The molecule has 0 aromatic heterocycles. The Hall–Kier alpha value is -1.10. The van der Waals surface area contributed by atoms with Crippen molar-refractivity contribution in [1.82, 2.24) is 10.2 Å².